The van der Waals surface area contributed by atoms with Crippen molar-refractivity contribution in [2.24, 2.45) is 5.92 Å². The minimum absolute atomic E-state index is 0.000340. The topological polar surface area (TPSA) is 82.7 Å². The Morgan fingerprint density at radius 3 is 2.44 bits per heavy atom. The molecule has 1 aromatic carbocycles. The van der Waals surface area contributed by atoms with Crippen LogP contribution >= 0.6 is 0 Å². The zero-order valence-corrected chi connectivity index (χ0v) is 16.6. The van der Waals surface area contributed by atoms with Gasteiger partial charge in [0.2, 0.25) is 5.91 Å². The third-order valence-corrected chi connectivity index (χ3v) is 4.75. The van der Waals surface area contributed by atoms with Crippen LogP contribution in [0.3, 0.4) is 0 Å². The average molecular weight is 377 g/mol. The van der Waals surface area contributed by atoms with Crippen molar-refractivity contribution in [3.05, 3.63) is 29.8 Å². The van der Waals surface area contributed by atoms with Crippen molar-refractivity contribution >= 4 is 11.8 Å². The number of amides is 2. The quantitative estimate of drug-likeness (QED) is 0.557. The van der Waals surface area contributed by atoms with Gasteiger partial charge in [0.05, 0.1) is 7.11 Å². The van der Waals surface area contributed by atoms with Crippen LogP contribution in [0.25, 0.3) is 0 Å². The van der Waals surface area contributed by atoms with E-state index < -0.39 is 6.04 Å². The lowest BCUT2D eigenvalue weighted by molar-refractivity contribution is -0.123. The summed E-state index contributed by atoms with van der Waals surface area (Å²) >= 11 is 0. The number of nitrogens with zero attached hydrogens (tertiary/aromatic N) is 1. The van der Waals surface area contributed by atoms with E-state index in [0.717, 1.165) is 39.1 Å². The first-order chi connectivity index (χ1) is 13.0. The van der Waals surface area contributed by atoms with Crippen LogP contribution in [-0.4, -0.2) is 69.1 Å². The van der Waals surface area contributed by atoms with Gasteiger partial charge in [0.15, 0.2) is 0 Å². The summed E-state index contributed by atoms with van der Waals surface area (Å²) in [4.78, 5) is 27.4. The highest BCUT2D eigenvalue weighted by Gasteiger charge is 2.24. The van der Waals surface area contributed by atoms with E-state index in [0.29, 0.717) is 17.9 Å². The third-order valence-electron chi connectivity index (χ3n) is 4.75. The molecule has 0 saturated carbocycles. The van der Waals surface area contributed by atoms with Crippen molar-refractivity contribution in [2.45, 2.75) is 26.3 Å². The molecule has 2 amide bonds. The van der Waals surface area contributed by atoms with Gasteiger partial charge in [-0.1, -0.05) is 13.8 Å². The number of rotatable bonds is 9. The molecule has 0 aromatic heterocycles. The molecule has 1 aromatic rings. The fourth-order valence-electron chi connectivity index (χ4n) is 3.06. The summed E-state index contributed by atoms with van der Waals surface area (Å²) in [6, 6.07) is 6.29. The highest BCUT2D eigenvalue weighted by atomic mass is 16.5. The number of hydrogen-bond donors (Lipinski definition) is 3. The normalized spacial score (nSPS) is 16.0. The van der Waals surface area contributed by atoms with Gasteiger partial charge in [-0.05, 0) is 43.1 Å². The average Bonchev–Trinajstić information content (AvgIpc) is 2.69. The van der Waals surface area contributed by atoms with E-state index in [-0.39, 0.29) is 17.7 Å². The summed E-state index contributed by atoms with van der Waals surface area (Å²) in [6.07, 6.45) is 0.906. The zero-order valence-electron chi connectivity index (χ0n) is 16.6. The van der Waals surface area contributed by atoms with E-state index >= 15 is 0 Å². The monoisotopic (exact) mass is 376 g/mol. The maximum atomic E-state index is 12.5. The van der Waals surface area contributed by atoms with Gasteiger partial charge < -0.3 is 25.6 Å². The zero-order chi connectivity index (χ0) is 19.6. The van der Waals surface area contributed by atoms with Crippen molar-refractivity contribution in [1.82, 2.24) is 20.9 Å². The predicted octanol–water partition coefficient (Wildman–Crippen LogP) is 0.861. The molecule has 3 N–H and O–H groups in total. The van der Waals surface area contributed by atoms with Crippen LogP contribution in [0.2, 0.25) is 0 Å². The number of methoxy groups -OCH3 is 1. The minimum atomic E-state index is -0.557. The van der Waals surface area contributed by atoms with E-state index in [1.807, 2.05) is 13.8 Å². The Kier molecular flexibility index (Phi) is 8.54. The van der Waals surface area contributed by atoms with Gasteiger partial charge in [-0.15, -0.1) is 0 Å². The molecular formula is C20H32N4O3. The molecule has 1 fully saturated rings. The molecule has 1 aliphatic heterocycles. The second-order valence-corrected chi connectivity index (χ2v) is 7.16. The molecule has 0 aliphatic carbocycles. The summed E-state index contributed by atoms with van der Waals surface area (Å²) in [7, 11) is 1.58. The molecule has 0 spiro atoms. The number of carbonyl (C=O) groups excluding carboxylic acids is 2. The number of benzene rings is 1. The van der Waals surface area contributed by atoms with Crippen molar-refractivity contribution in [3.8, 4) is 5.75 Å². The third kappa shape index (κ3) is 6.84. The number of piperazine rings is 1. The smallest absolute Gasteiger partial charge is 0.251 e. The SMILES string of the molecule is COc1ccc(C(=O)NC(C(=O)NCCCN2CCNCC2)C(C)C)cc1. The molecule has 1 aliphatic rings. The molecule has 0 radical (unpaired) electrons. The minimum Gasteiger partial charge on any atom is -0.497 e. The van der Waals surface area contributed by atoms with Crippen LogP contribution in [0.15, 0.2) is 24.3 Å². The Bertz CT molecular complexity index is 598. The van der Waals surface area contributed by atoms with Crippen molar-refractivity contribution in [2.75, 3.05) is 46.4 Å². The molecule has 1 unspecified atom stereocenters. The Morgan fingerprint density at radius 1 is 1.19 bits per heavy atom. The molecule has 2 rings (SSSR count). The van der Waals surface area contributed by atoms with Gasteiger partial charge in [-0.25, -0.2) is 0 Å². The molecule has 1 atom stereocenters. The molecule has 150 valence electrons. The molecule has 27 heavy (non-hydrogen) atoms. The fraction of sp³-hybridized carbons (Fsp3) is 0.600. The molecule has 1 saturated heterocycles. The van der Waals surface area contributed by atoms with Crippen molar-refractivity contribution in [3.63, 3.8) is 0 Å². The highest BCUT2D eigenvalue weighted by molar-refractivity contribution is 5.97. The lowest BCUT2D eigenvalue weighted by atomic mass is 10.0. The van der Waals surface area contributed by atoms with Gasteiger partial charge in [-0.3, -0.25) is 9.59 Å². The molecule has 0 bridgehead atoms. The second-order valence-electron chi connectivity index (χ2n) is 7.16. The predicted molar refractivity (Wildman–Crippen MR) is 106 cm³/mol. The fourth-order valence-corrected chi connectivity index (χ4v) is 3.06. The van der Waals surface area contributed by atoms with Gasteiger partial charge in [0, 0.05) is 38.3 Å². The standard InChI is InChI=1S/C20H32N4O3/c1-15(2)18(23-19(25)16-5-7-17(27-3)8-6-16)20(26)22-9-4-12-24-13-10-21-11-14-24/h5-8,15,18,21H,4,9-14H2,1-3H3,(H,22,26)(H,23,25). The van der Waals surface area contributed by atoms with E-state index in [1.54, 1.807) is 31.4 Å². The second kappa shape index (κ2) is 10.9. The maximum Gasteiger partial charge on any atom is 0.251 e. The first-order valence-corrected chi connectivity index (χ1v) is 9.67. The van der Waals surface area contributed by atoms with E-state index in [4.69, 9.17) is 4.74 Å². The van der Waals surface area contributed by atoms with E-state index in [9.17, 15) is 9.59 Å². The number of carbonyl (C=O) groups is 2. The Labute approximate surface area is 161 Å². The van der Waals surface area contributed by atoms with Crippen LogP contribution in [0.4, 0.5) is 0 Å². The van der Waals surface area contributed by atoms with Crippen molar-refractivity contribution < 1.29 is 14.3 Å². The summed E-state index contributed by atoms with van der Waals surface area (Å²) in [6.45, 7) is 9.62. The van der Waals surface area contributed by atoms with Crippen molar-refractivity contribution in [1.29, 1.82) is 0 Å². The first kappa shape index (κ1) is 21.2. The van der Waals surface area contributed by atoms with Gasteiger partial charge in [0.25, 0.3) is 5.91 Å². The Morgan fingerprint density at radius 2 is 1.85 bits per heavy atom. The van der Waals surface area contributed by atoms with Crippen LogP contribution in [-0.2, 0) is 4.79 Å². The van der Waals surface area contributed by atoms with Crippen LogP contribution in [0.1, 0.15) is 30.6 Å². The number of hydrogen-bond acceptors (Lipinski definition) is 5. The van der Waals surface area contributed by atoms with Gasteiger partial charge in [-0.2, -0.15) is 0 Å². The van der Waals surface area contributed by atoms with E-state index in [1.165, 1.54) is 0 Å². The van der Waals surface area contributed by atoms with Crippen LogP contribution < -0.4 is 20.7 Å². The maximum absolute atomic E-state index is 12.5. The summed E-state index contributed by atoms with van der Waals surface area (Å²) < 4.78 is 5.10. The summed E-state index contributed by atoms with van der Waals surface area (Å²) in [5, 5.41) is 9.14. The molecule has 7 heteroatoms. The van der Waals surface area contributed by atoms with Crippen LogP contribution in [0, 0.1) is 5.92 Å². The molecule has 1 heterocycles. The first-order valence-electron chi connectivity index (χ1n) is 9.67. The molecule has 7 nitrogen and oxygen atoms in total. The Hall–Kier alpha value is -2.12. The Balaban J connectivity index is 1.79. The van der Waals surface area contributed by atoms with E-state index in [2.05, 4.69) is 20.9 Å². The van der Waals surface area contributed by atoms with Gasteiger partial charge in [0.1, 0.15) is 11.8 Å². The largest absolute Gasteiger partial charge is 0.497 e. The summed E-state index contributed by atoms with van der Waals surface area (Å²) in [5.41, 5.74) is 0.507. The van der Waals surface area contributed by atoms with Gasteiger partial charge >= 0.3 is 0 Å². The highest BCUT2D eigenvalue weighted by Crippen LogP contribution is 2.12. The molecular weight excluding hydrogens is 344 g/mol. The lowest BCUT2D eigenvalue weighted by Gasteiger charge is -2.27. The lowest BCUT2D eigenvalue weighted by Crippen LogP contribution is -2.50. The number of ether oxygens (including phenoxy) is 1. The summed E-state index contributed by atoms with van der Waals surface area (Å²) in [5.74, 6) is 0.300. The number of nitrogens with one attached hydrogen (secondary N) is 3. The van der Waals surface area contributed by atoms with Crippen LogP contribution in [0.5, 0.6) is 5.75 Å².